The Labute approximate surface area is 159 Å². The van der Waals surface area contributed by atoms with E-state index in [1.54, 1.807) is 0 Å². The van der Waals surface area contributed by atoms with Crippen molar-refractivity contribution < 1.29 is 10.2 Å². The lowest BCUT2D eigenvalue weighted by Crippen LogP contribution is -2.35. The molecule has 1 aliphatic rings. The fraction of sp³-hybridized carbons (Fsp3) is 0.381. The molecule has 27 heavy (non-hydrogen) atoms. The van der Waals surface area contributed by atoms with E-state index in [1.807, 2.05) is 42.5 Å². The van der Waals surface area contributed by atoms with E-state index in [0.29, 0.717) is 19.6 Å². The molecule has 142 valence electrons. The van der Waals surface area contributed by atoms with E-state index < -0.39 is 6.10 Å². The van der Waals surface area contributed by atoms with Gasteiger partial charge in [0.15, 0.2) is 0 Å². The molecular formula is C21H26N4O2. The molecule has 2 aromatic carbocycles. The van der Waals surface area contributed by atoms with Crippen LogP contribution in [0.4, 0.5) is 5.95 Å². The molecule has 2 heterocycles. The molecule has 3 aromatic rings. The number of aromatic nitrogens is 2. The van der Waals surface area contributed by atoms with Crippen LogP contribution in [0.25, 0.3) is 11.0 Å². The normalized spacial score (nSPS) is 18.7. The molecule has 6 heteroatoms. The molecule has 1 fully saturated rings. The second-order valence-corrected chi connectivity index (χ2v) is 7.10. The van der Waals surface area contributed by atoms with Crippen molar-refractivity contribution in [2.45, 2.75) is 19.2 Å². The van der Waals surface area contributed by atoms with Gasteiger partial charge in [-0.05, 0) is 17.7 Å². The topological polar surface area (TPSA) is 64.8 Å². The van der Waals surface area contributed by atoms with Gasteiger partial charge in [0, 0.05) is 39.3 Å². The highest BCUT2D eigenvalue weighted by Gasteiger charge is 2.25. The van der Waals surface area contributed by atoms with E-state index in [0.717, 1.165) is 36.6 Å². The van der Waals surface area contributed by atoms with Crippen molar-refractivity contribution in [3.63, 3.8) is 0 Å². The Balaban J connectivity index is 1.56. The van der Waals surface area contributed by atoms with Gasteiger partial charge in [0.25, 0.3) is 0 Å². The van der Waals surface area contributed by atoms with Crippen LogP contribution in [0.15, 0.2) is 54.6 Å². The van der Waals surface area contributed by atoms with Gasteiger partial charge >= 0.3 is 0 Å². The van der Waals surface area contributed by atoms with E-state index in [2.05, 4.69) is 26.5 Å². The number of fused-ring (bicyclic) bond motifs is 1. The van der Waals surface area contributed by atoms with Gasteiger partial charge in [0.1, 0.15) is 0 Å². The van der Waals surface area contributed by atoms with Crippen LogP contribution in [-0.4, -0.2) is 63.6 Å². The molecule has 1 aliphatic heterocycles. The number of hydrogen-bond donors (Lipinski definition) is 2. The first kappa shape index (κ1) is 18.0. The van der Waals surface area contributed by atoms with Crippen LogP contribution in [-0.2, 0) is 13.1 Å². The number of aliphatic hydroxyl groups is 2. The highest BCUT2D eigenvalue weighted by Crippen LogP contribution is 2.24. The SMILES string of the molecule is OCCn1c(N2CCN(Cc3ccccc3)C[C@@H](O)C2)nc2ccccc21. The van der Waals surface area contributed by atoms with Gasteiger partial charge in [-0.15, -0.1) is 0 Å². The van der Waals surface area contributed by atoms with E-state index in [-0.39, 0.29) is 6.61 Å². The third-order valence-corrected chi connectivity index (χ3v) is 5.08. The van der Waals surface area contributed by atoms with Gasteiger partial charge in [0.2, 0.25) is 5.95 Å². The average Bonchev–Trinajstić information content (AvgIpc) is 2.94. The van der Waals surface area contributed by atoms with E-state index in [1.165, 1.54) is 5.56 Å². The van der Waals surface area contributed by atoms with E-state index >= 15 is 0 Å². The van der Waals surface area contributed by atoms with Crippen molar-refractivity contribution in [3.8, 4) is 0 Å². The zero-order chi connectivity index (χ0) is 18.6. The summed E-state index contributed by atoms with van der Waals surface area (Å²) >= 11 is 0. The number of hydrogen-bond acceptors (Lipinski definition) is 5. The number of aliphatic hydroxyl groups excluding tert-OH is 2. The molecule has 6 nitrogen and oxygen atoms in total. The van der Waals surface area contributed by atoms with Crippen LogP contribution in [0.2, 0.25) is 0 Å². The lowest BCUT2D eigenvalue weighted by Gasteiger charge is -2.24. The maximum absolute atomic E-state index is 10.6. The number of rotatable bonds is 5. The van der Waals surface area contributed by atoms with Crippen LogP contribution in [0.1, 0.15) is 5.56 Å². The summed E-state index contributed by atoms with van der Waals surface area (Å²) in [6, 6.07) is 18.3. The molecule has 0 bridgehead atoms. The fourth-order valence-electron chi connectivity index (χ4n) is 3.85. The third-order valence-electron chi connectivity index (χ3n) is 5.08. The van der Waals surface area contributed by atoms with Gasteiger partial charge in [-0.1, -0.05) is 42.5 Å². The molecule has 0 aliphatic carbocycles. The second-order valence-electron chi connectivity index (χ2n) is 7.10. The molecule has 0 radical (unpaired) electrons. The summed E-state index contributed by atoms with van der Waals surface area (Å²) in [6.45, 7) is 4.22. The van der Waals surface area contributed by atoms with Crippen molar-refractivity contribution in [2.24, 2.45) is 0 Å². The Kier molecular flexibility index (Phi) is 5.38. The molecule has 1 aromatic heterocycles. The van der Waals surface area contributed by atoms with Crippen LogP contribution in [0, 0.1) is 0 Å². The highest BCUT2D eigenvalue weighted by molar-refractivity contribution is 5.78. The fourth-order valence-corrected chi connectivity index (χ4v) is 3.85. The van der Waals surface area contributed by atoms with Crippen LogP contribution in [0.5, 0.6) is 0 Å². The van der Waals surface area contributed by atoms with Crippen molar-refractivity contribution in [2.75, 3.05) is 37.7 Å². The Morgan fingerprint density at radius 3 is 2.56 bits per heavy atom. The lowest BCUT2D eigenvalue weighted by molar-refractivity contribution is 0.129. The standard InChI is InChI=1S/C21H26N4O2/c26-13-12-25-20-9-5-4-8-19(20)22-21(25)24-11-10-23(15-18(27)16-24)14-17-6-2-1-3-7-17/h1-9,18,26-27H,10-16H2/t18-/m1/s1. The van der Waals surface area contributed by atoms with Crippen molar-refractivity contribution in [1.29, 1.82) is 0 Å². The molecular weight excluding hydrogens is 340 g/mol. The van der Waals surface area contributed by atoms with Crippen LogP contribution < -0.4 is 4.90 Å². The number of anilines is 1. The van der Waals surface area contributed by atoms with Gasteiger partial charge in [-0.2, -0.15) is 0 Å². The number of nitrogens with zero attached hydrogens (tertiary/aromatic N) is 4. The van der Waals surface area contributed by atoms with Gasteiger partial charge < -0.3 is 19.7 Å². The van der Waals surface area contributed by atoms with Gasteiger partial charge in [-0.25, -0.2) is 4.98 Å². The van der Waals surface area contributed by atoms with Crippen LogP contribution >= 0.6 is 0 Å². The minimum atomic E-state index is -0.446. The predicted octanol–water partition coefficient (Wildman–Crippen LogP) is 1.71. The minimum Gasteiger partial charge on any atom is -0.395 e. The van der Waals surface area contributed by atoms with Crippen molar-refractivity contribution in [1.82, 2.24) is 14.5 Å². The number of imidazole rings is 1. The maximum atomic E-state index is 10.6. The molecule has 0 unspecified atom stereocenters. The molecule has 2 N–H and O–H groups in total. The Morgan fingerprint density at radius 2 is 1.74 bits per heavy atom. The zero-order valence-corrected chi connectivity index (χ0v) is 15.4. The molecule has 1 saturated heterocycles. The van der Waals surface area contributed by atoms with E-state index in [4.69, 9.17) is 4.98 Å². The summed E-state index contributed by atoms with van der Waals surface area (Å²) < 4.78 is 2.05. The summed E-state index contributed by atoms with van der Waals surface area (Å²) in [4.78, 5) is 9.22. The summed E-state index contributed by atoms with van der Waals surface area (Å²) in [6.07, 6.45) is -0.446. The number of β-amino-alcohol motifs (C(OH)–C–C–N with tert-alkyl or cyclic N) is 1. The summed E-state index contributed by atoms with van der Waals surface area (Å²) in [5, 5.41) is 20.1. The Morgan fingerprint density at radius 1 is 0.963 bits per heavy atom. The first-order chi connectivity index (χ1) is 13.2. The average molecular weight is 366 g/mol. The second kappa shape index (κ2) is 8.08. The quantitative estimate of drug-likeness (QED) is 0.720. The first-order valence-corrected chi connectivity index (χ1v) is 9.50. The van der Waals surface area contributed by atoms with E-state index in [9.17, 15) is 10.2 Å². The molecule has 0 spiro atoms. The first-order valence-electron chi connectivity index (χ1n) is 9.50. The minimum absolute atomic E-state index is 0.0594. The monoisotopic (exact) mass is 366 g/mol. The smallest absolute Gasteiger partial charge is 0.206 e. The van der Waals surface area contributed by atoms with Gasteiger partial charge in [0.05, 0.1) is 23.7 Å². The number of para-hydroxylation sites is 2. The van der Waals surface area contributed by atoms with Gasteiger partial charge in [-0.3, -0.25) is 4.90 Å². The van der Waals surface area contributed by atoms with Crippen molar-refractivity contribution >= 4 is 17.0 Å². The lowest BCUT2D eigenvalue weighted by atomic mass is 10.2. The zero-order valence-electron chi connectivity index (χ0n) is 15.4. The Hall–Kier alpha value is -2.41. The molecule has 1 atom stereocenters. The maximum Gasteiger partial charge on any atom is 0.206 e. The molecule has 4 rings (SSSR count). The third kappa shape index (κ3) is 3.98. The largest absolute Gasteiger partial charge is 0.395 e. The summed E-state index contributed by atoms with van der Waals surface area (Å²) in [5.41, 5.74) is 3.19. The predicted molar refractivity (Wildman–Crippen MR) is 107 cm³/mol. The molecule has 0 amide bonds. The summed E-state index contributed by atoms with van der Waals surface area (Å²) in [7, 11) is 0. The molecule has 0 saturated carbocycles. The Bertz CT molecular complexity index is 880. The number of benzene rings is 2. The van der Waals surface area contributed by atoms with Crippen LogP contribution in [0.3, 0.4) is 0 Å². The van der Waals surface area contributed by atoms with Crippen molar-refractivity contribution in [3.05, 3.63) is 60.2 Å². The highest BCUT2D eigenvalue weighted by atomic mass is 16.3. The summed E-state index contributed by atoms with van der Waals surface area (Å²) in [5.74, 6) is 0.825.